The van der Waals surface area contributed by atoms with Crippen molar-refractivity contribution in [2.24, 2.45) is 0 Å². The first kappa shape index (κ1) is 29.3. The third-order valence-corrected chi connectivity index (χ3v) is 8.46. The van der Waals surface area contributed by atoms with Gasteiger partial charge >= 0.3 is 29.8 Å². The first-order valence-corrected chi connectivity index (χ1v) is 13.1. The largest absolute Gasteiger partial charge is 0.504 e. The molecule has 1 saturated heterocycles. The summed E-state index contributed by atoms with van der Waals surface area (Å²) in [6.45, 7) is -0.528. The summed E-state index contributed by atoms with van der Waals surface area (Å²) >= 11 is 0. The monoisotopic (exact) mass is 591 g/mol. The van der Waals surface area contributed by atoms with E-state index in [0.29, 0.717) is 24.9 Å². The summed E-state index contributed by atoms with van der Waals surface area (Å²) in [5.74, 6) is -7.11. The number of ether oxygens (including phenoxy) is 4. The second-order valence-electron chi connectivity index (χ2n) is 10.8. The number of carboxylic acids is 2. The van der Waals surface area contributed by atoms with E-state index in [2.05, 4.69) is 9.64 Å². The second-order valence-corrected chi connectivity index (χ2v) is 10.8. The van der Waals surface area contributed by atoms with Gasteiger partial charge in [-0.1, -0.05) is 6.07 Å². The quantitative estimate of drug-likeness (QED) is 0.162. The number of carbonyl (C=O) groups is 5. The molecule has 42 heavy (non-hydrogen) atoms. The third-order valence-electron chi connectivity index (χ3n) is 8.46. The lowest BCUT2D eigenvalue weighted by Gasteiger charge is -2.61. The summed E-state index contributed by atoms with van der Waals surface area (Å²) in [4.78, 5) is 61.4. The van der Waals surface area contributed by atoms with Gasteiger partial charge in [-0.15, -0.1) is 0 Å². The highest BCUT2D eigenvalue weighted by atomic mass is 16.6. The summed E-state index contributed by atoms with van der Waals surface area (Å²) < 4.78 is 21.1. The van der Waals surface area contributed by atoms with Gasteiger partial charge < -0.3 is 49.4 Å². The van der Waals surface area contributed by atoms with Crippen LogP contribution in [0.1, 0.15) is 36.8 Å². The van der Waals surface area contributed by atoms with Crippen molar-refractivity contribution in [3.05, 3.63) is 35.1 Å². The molecule has 1 aromatic rings. The van der Waals surface area contributed by atoms with E-state index in [0.717, 1.165) is 5.56 Å². The number of aromatic hydroxyl groups is 1. The Balaban J connectivity index is 1.39. The molecule has 5 rings (SSSR count). The van der Waals surface area contributed by atoms with Crippen molar-refractivity contribution in [3.63, 3.8) is 0 Å². The number of aliphatic hydroxyl groups excluding tert-OH is 1. The number of aliphatic carboxylic acids is 2. The predicted molar refractivity (Wildman–Crippen MR) is 134 cm³/mol. The maximum Gasteiger partial charge on any atom is 0.348 e. The summed E-state index contributed by atoms with van der Waals surface area (Å²) in [5, 5.41) is 49.8. The number of hydrogen-bond donors (Lipinski definition) is 5. The number of rotatable bonds is 10. The number of hydrogen-bond acceptors (Lipinski definition) is 13. The first-order chi connectivity index (χ1) is 19.8. The third kappa shape index (κ3) is 4.62. The fourth-order valence-electron chi connectivity index (χ4n) is 6.61. The molecule has 1 fully saturated rings. The smallest absolute Gasteiger partial charge is 0.348 e. The predicted octanol–water partition coefficient (Wildman–Crippen LogP) is -1.02. The minimum atomic E-state index is -2.15. The molecule has 2 aliphatic heterocycles. The molecule has 0 radical (unpaired) electrons. The zero-order valence-electron chi connectivity index (χ0n) is 22.3. The SMILES string of the molecule is CN1CC[C@]23c4c5ccc(O)c4O[C@H]2C(OC(=O)C[C@H](OC(=O)C[C@H](O)C(=O)O)C(=O)OCC(=O)O)=CC[C@@]3(O)[C@H]1C5. The van der Waals surface area contributed by atoms with Crippen LogP contribution in [0.3, 0.4) is 0 Å². The highest BCUT2D eigenvalue weighted by Crippen LogP contribution is 2.65. The zero-order chi connectivity index (χ0) is 30.6. The first-order valence-electron chi connectivity index (χ1n) is 13.1. The number of phenols is 1. The number of nitrogens with zero attached hydrogens (tertiary/aromatic N) is 1. The summed E-state index contributed by atoms with van der Waals surface area (Å²) in [5.41, 5.74) is -0.844. The molecule has 2 heterocycles. The summed E-state index contributed by atoms with van der Waals surface area (Å²) in [7, 11) is 1.91. The normalized spacial score (nSPS) is 28.3. The molecule has 2 bridgehead atoms. The molecular formula is C27H29NO14. The number of piperidine rings is 1. The maximum atomic E-state index is 13.1. The summed E-state index contributed by atoms with van der Waals surface area (Å²) in [6.07, 6.45) is -4.72. The molecule has 1 spiro atoms. The van der Waals surface area contributed by atoms with Gasteiger partial charge in [0.05, 0.1) is 23.9 Å². The van der Waals surface area contributed by atoms with Gasteiger partial charge in [-0.2, -0.15) is 0 Å². The number of phenolic OH excluding ortho intramolecular Hbond substituents is 1. The van der Waals surface area contributed by atoms with Gasteiger partial charge in [0.1, 0.15) is 5.76 Å². The highest BCUT2D eigenvalue weighted by Gasteiger charge is 2.72. The van der Waals surface area contributed by atoms with Crippen molar-refractivity contribution < 1.29 is 68.5 Å². The molecule has 6 atom stereocenters. The molecule has 15 heteroatoms. The van der Waals surface area contributed by atoms with Crippen molar-refractivity contribution in [2.45, 2.75) is 67.5 Å². The lowest BCUT2D eigenvalue weighted by atomic mass is 9.50. The van der Waals surface area contributed by atoms with Gasteiger partial charge in [-0.3, -0.25) is 9.59 Å². The Labute approximate surface area is 237 Å². The molecule has 0 saturated carbocycles. The minimum absolute atomic E-state index is 0.00158. The van der Waals surface area contributed by atoms with Crippen LogP contribution in [-0.2, 0) is 50.0 Å². The maximum absolute atomic E-state index is 13.1. The Morgan fingerprint density at radius 2 is 1.88 bits per heavy atom. The van der Waals surface area contributed by atoms with E-state index in [4.69, 9.17) is 24.4 Å². The van der Waals surface area contributed by atoms with Gasteiger partial charge in [0.15, 0.2) is 30.3 Å². The van der Waals surface area contributed by atoms with Crippen LogP contribution in [0.25, 0.3) is 0 Å². The molecule has 0 amide bonds. The topological polar surface area (TPSA) is 227 Å². The molecule has 2 aliphatic carbocycles. The number of esters is 3. The van der Waals surface area contributed by atoms with Crippen LogP contribution in [0.15, 0.2) is 24.0 Å². The van der Waals surface area contributed by atoms with E-state index in [9.17, 15) is 39.3 Å². The van der Waals surface area contributed by atoms with Crippen LogP contribution >= 0.6 is 0 Å². The number of likely N-dealkylation sites (tertiary alicyclic amines) is 1. The Morgan fingerprint density at radius 1 is 1.14 bits per heavy atom. The van der Waals surface area contributed by atoms with E-state index >= 15 is 0 Å². The van der Waals surface area contributed by atoms with Crippen molar-refractivity contribution in [2.75, 3.05) is 20.2 Å². The molecule has 0 unspecified atom stereocenters. The van der Waals surface area contributed by atoms with Gasteiger partial charge in [-0.05, 0) is 44.1 Å². The van der Waals surface area contributed by atoms with E-state index in [1.165, 1.54) is 12.1 Å². The molecule has 4 aliphatic rings. The molecule has 226 valence electrons. The Kier molecular flexibility index (Phi) is 7.37. The number of likely N-dealkylation sites (N-methyl/N-ethyl adjacent to an activating group) is 1. The summed E-state index contributed by atoms with van der Waals surface area (Å²) in [6, 6.07) is 2.99. The Bertz CT molecular complexity index is 1390. The van der Waals surface area contributed by atoms with E-state index < -0.39 is 78.6 Å². The number of benzene rings is 1. The lowest BCUT2D eigenvalue weighted by molar-refractivity contribution is -0.177. The fourth-order valence-corrected chi connectivity index (χ4v) is 6.61. The Morgan fingerprint density at radius 3 is 2.57 bits per heavy atom. The molecule has 5 N–H and O–H groups in total. The van der Waals surface area contributed by atoms with Gasteiger partial charge in [-0.25, -0.2) is 14.4 Å². The molecule has 1 aromatic carbocycles. The van der Waals surface area contributed by atoms with Crippen molar-refractivity contribution >= 4 is 29.8 Å². The standard InChI is InChI=1S/C27H29NO14/c1-28-7-6-26-21-12-2-3-13(29)22(21)42-23(26)15(4-5-27(26,38)17(28)8-12)40-20(34)10-16(25(37)39-11-18(31)32)41-19(33)9-14(30)24(35)36/h2-4,14,16-17,23,29-30,38H,5-11H2,1H3,(H,31,32)(H,35,36)/t14-,16-,17+,23-,26-,27+/m0/s1. The molecule has 15 nitrogen and oxygen atoms in total. The van der Waals surface area contributed by atoms with Crippen LogP contribution in [0.5, 0.6) is 11.5 Å². The number of aliphatic hydroxyl groups is 2. The van der Waals surface area contributed by atoms with Crippen LogP contribution in [0.2, 0.25) is 0 Å². The highest BCUT2D eigenvalue weighted by molar-refractivity contribution is 5.87. The van der Waals surface area contributed by atoms with E-state index in [1.54, 1.807) is 6.07 Å². The van der Waals surface area contributed by atoms with Gasteiger partial charge in [0.25, 0.3) is 0 Å². The number of carboxylic acid groups (broad SMARTS) is 2. The van der Waals surface area contributed by atoms with Crippen molar-refractivity contribution in [1.82, 2.24) is 4.90 Å². The van der Waals surface area contributed by atoms with Crippen molar-refractivity contribution in [3.8, 4) is 11.5 Å². The average Bonchev–Trinajstić information content (AvgIpc) is 3.28. The number of carbonyl (C=O) groups excluding carboxylic acids is 3. The van der Waals surface area contributed by atoms with Gasteiger partial charge in [0.2, 0.25) is 6.10 Å². The van der Waals surface area contributed by atoms with Crippen LogP contribution in [-0.4, -0.2) is 110 Å². The molecular weight excluding hydrogens is 562 g/mol. The van der Waals surface area contributed by atoms with Crippen LogP contribution in [0.4, 0.5) is 0 Å². The van der Waals surface area contributed by atoms with Gasteiger partial charge in [0, 0.05) is 18.0 Å². The second kappa shape index (κ2) is 10.6. The van der Waals surface area contributed by atoms with E-state index in [-0.39, 0.29) is 29.7 Å². The van der Waals surface area contributed by atoms with Crippen LogP contribution in [0, 0.1) is 0 Å². The Hall–Kier alpha value is -4.21. The van der Waals surface area contributed by atoms with Crippen LogP contribution < -0.4 is 4.74 Å². The average molecular weight is 592 g/mol. The van der Waals surface area contributed by atoms with E-state index in [1.807, 2.05) is 7.05 Å². The molecule has 0 aromatic heterocycles. The fraction of sp³-hybridized carbons (Fsp3) is 0.519. The minimum Gasteiger partial charge on any atom is -0.504 e. The lowest BCUT2D eigenvalue weighted by Crippen LogP contribution is -2.74. The zero-order valence-corrected chi connectivity index (χ0v) is 22.3. The van der Waals surface area contributed by atoms with Crippen molar-refractivity contribution in [1.29, 1.82) is 0 Å².